The van der Waals surface area contributed by atoms with Crippen LogP contribution in [0.3, 0.4) is 0 Å². The molecule has 0 amide bonds. The second kappa shape index (κ2) is 4.78. The van der Waals surface area contributed by atoms with E-state index in [9.17, 15) is 0 Å². The first-order valence-electron chi connectivity index (χ1n) is 6.32. The van der Waals surface area contributed by atoms with E-state index < -0.39 is 0 Å². The number of fused-ring (bicyclic) bond motifs is 1. The van der Waals surface area contributed by atoms with E-state index in [4.69, 9.17) is 5.73 Å². The molecule has 1 atom stereocenters. The molecular formula is C16H15N3. The Morgan fingerprint density at radius 1 is 1.00 bits per heavy atom. The lowest BCUT2D eigenvalue weighted by Gasteiger charge is -2.08. The van der Waals surface area contributed by atoms with Crippen LogP contribution in [0.15, 0.2) is 54.7 Å². The van der Waals surface area contributed by atoms with Crippen LogP contribution in [-0.2, 0) is 0 Å². The lowest BCUT2D eigenvalue weighted by atomic mass is 10.0. The first-order valence-corrected chi connectivity index (χ1v) is 6.32. The van der Waals surface area contributed by atoms with Crippen molar-refractivity contribution in [3.8, 4) is 11.1 Å². The normalized spacial score (nSPS) is 12.5. The van der Waals surface area contributed by atoms with Crippen molar-refractivity contribution in [2.75, 3.05) is 0 Å². The predicted octanol–water partition coefficient (Wildman–Crippen LogP) is 3.32. The van der Waals surface area contributed by atoms with Crippen molar-refractivity contribution < 1.29 is 0 Å². The van der Waals surface area contributed by atoms with Crippen LogP contribution in [-0.4, -0.2) is 9.97 Å². The molecule has 0 aliphatic heterocycles. The molecule has 19 heavy (non-hydrogen) atoms. The summed E-state index contributed by atoms with van der Waals surface area (Å²) in [6, 6.07) is 16.2. The maximum Gasteiger partial charge on any atom is 0.145 e. The Bertz CT molecular complexity index is 706. The van der Waals surface area contributed by atoms with Crippen LogP contribution < -0.4 is 5.73 Å². The molecule has 94 valence electrons. The van der Waals surface area contributed by atoms with Gasteiger partial charge in [-0.3, -0.25) is 0 Å². The molecule has 3 heteroatoms. The minimum Gasteiger partial charge on any atom is -0.322 e. The lowest BCUT2D eigenvalue weighted by Crippen LogP contribution is -2.09. The molecule has 0 aliphatic rings. The predicted molar refractivity (Wildman–Crippen MR) is 77.6 cm³/mol. The number of nitrogens with two attached hydrogens (primary N) is 1. The van der Waals surface area contributed by atoms with Crippen LogP contribution in [0, 0.1) is 0 Å². The molecule has 0 unspecified atom stereocenters. The van der Waals surface area contributed by atoms with E-state index in [1.807, 2.05) is 43.5 Å². The van der Waals surface area contributed by atoms with Gasteiger partial charge in [-0.1, -0.05) is 42.5 Å². The van der Waals surface area contributed by atoms with Gasteiger partial charge in [-0.15, -0.1) is 0 Å². The number of benzene rings is 2. The summed E-state index contributed by atoms with van der Waals surface area (Å²) >= 11 is 0. The van der Waals surface area contributed by atoms with Crippen molar-refractivity contribution >= 4 is 10.9 Å². The van der Waals surface area contributed by atoms with Crippen LogP contribution in [0.25, 0.3) is 22.0 Å². The largest absolute Gasteiger partial charge is 0.322 e. The molecule has 0 fully saturated rings. The Morgan fingerprint density at radius 2 is 1.79 bits per heavy atom. The number of hydrogen-bond acceptors (Lipinski definition) is 3. The van der Waals surface area contributed by atoms with Gasteiger partial charge in [0.05, 0.1) is 11.6 Å². The molecular weight excluding hydrogens is 234 g/mol. The van der Waals surface area contributed by atoms with Crippen molar-refractivity contribution in [2.45, 2.75) is 13.0 Å². The van der Waals surface area contributed by atoms with Crippen molar-refractivity contribution in [1.82, 2.24) is 9.97 Å². The Balaban J connectivity index is 2.22. The summed E-state index contributed by atoms with van der Waals surface area (Å²) < 4.78 is 0. The van der Waals surface area contributed by atoms with Gasteiger partial charge >= 0.3 is 0 Å². The van der Waals surface area contributed by atoms with E-state index in [1.165, 1.54) is 5.56 Å². The fraction of sp³-hybridized carbons (Fsp3) is 0.125. The monoisotopic (exact) mass is 249 g/mol. The molecule has 0 bridgehead atoms. The first kappa shape index (κ1) is 11.8. The van der Waals surface area contributed by atoms with E-state index >= 15 is 0 Å². The second-order valence-electron chi connectivity index (χ2n) is 4.62. The van der Waals surface area contributed by atoms with Gasteiger partial charge in [0.25, 0.3) is 0 Å². The zero-order valence-corrected chi connectivity index (χ0v) is 10.7. The fourth-order valence-corrected chi connectivity index (χ4v) is 2.16. The molecule has 0 saturated heterocycles. The van der Waals surface area contributed by atoms with Crippen molar-refractivity contribution in [1.29, 1.82) is 0 Å². The van der Waals surface area contributed by atoms with Crippen LogP contribution in [0.2, 0.25) is 0 Å². The highest BCUT2D eigenvalue weighted by atomic mass is 14.9. The molecule has 3 nitrogen and oxygen atoms in total. The molecule has 2 N–H and O–H groups in total. The van der Waals surface area contributed by atoms with E-state index in [0.717, 1.165) is 16.5 Å². The van der Waals surface area contributed by atoms with Crippen LogP contribution >= 0.6 is 0 Å². The summed E-state index contributed by atoms with van der Waals surface area (Å²) in [6.07, 6.45) is 1.86. The van der Waals surface area contributed by atoms with Gasteiger partial charge in [-0.2, -0.15) is 0 Å². The third kappa shape index (κ3) is 2.20. The van der Waals surface area contributed by atoms with Gasteiger partial charge in [-0.25, -0.2) is 9.97 Å². The third-order valence-corrected chi connectivity index (χ3v) is 3.14. The summed E-state index contributed by atoms with van der Waals surface area (Å²) in [6.45, 7) is 1.89. The third-order valence-electron chi connectivity index (χ3n) is 3.14. The summed E-state index contributed by atoms with van der Waals surface area (Å²) in [5.41, 5.74) is 9.08. The highest BCUT2D eigenvalue weighted by molar-refractivity contribution is 5.93. The smallest absolute Gasteiger partial charge is 0.145 e. The summed E-state index contributed by atoms with van der Waals surface area (Å²) in [7, 11) is 0. The maximum atomic E-state index is 5.83. The van der Waals surface area contributed by atoms with E-state index in [1.54, 1.807) is 0 Å². The molecule has 1 aromatic heterocycles. The van der Waals surface area contributed by atoms with Crippen molar-refractivity contribution in [3.63, 3.8) is 0 Å². The number of rotatable bonds is 2. The highest BCUT2D eigenvalue weighted by Crippen LogP contribution is 2.27. The molecule has 2 aromatic carbocycles. The summed E-state index contributed by atoms with van der Waals surface area (Å²) in [4.78, 5) is 8.88. The van der Waals surface area contributed by atoms with Crippen LogP contribution in [0.5, 0.6) is 0 Å². The average molecular weight is 249 g/mol. The number of hydrogen-bond donors (Lipinski definition) is 1. The maximum absolute atomic E-state index is 5.83. The lowest BCUT2D eigenvalue weighted by molar-refractivity contribution is 0.746. The number of nitrogens with zero attached hydrogens (tertiary/aromatic N) is 2. The quantitative estimate of drug-likeness (QED) is 0.758. The van der Waals surface area contributed by atoms with Crippen LogP contribution in [0.4, 0.5) is 0 Å². The molecule has 0 radical (unpaired) electrons. The number of aromatic nitrogens is 2. The Morgan fingerprint density at radius 3 is 2.53 bits per heavy atom. The average Bonchev–Trinajstić information content (AvgIpc) is 2.47. The first-order chi connectivity index (χ1) is 9.25. The minimum absolute atomic E-state index is 0.148. The molecule has 1 heterocycles. The summed E-state index contributed by atoms with van der Waals surface area (Å²) in [5, 5.41) is 1.05. The Kier molecular flexibility index (Phi) is 2.97. The standard InChI is InChI=1S/C16H15N3/c1-11(17)16-18-10-14-13(8-5-9-15(14)19-16)12-6-3-2-4-7-12/h2-11H,17H2,1H3/t11-/m0/s1. The van der Waals surface area contributed by atoms with Gasteiger partial charge < -0.3 is 5.73 Å². The van der Waals surface area contributed by atoms with Gasteiger partial charge in [-0.05, 0) is 24.1 Å². The van der Waals surface area contributed by atoms with Crippen molar-refractivity contribution in [3.05, 3.63) is 60.6 Å². The van der Waals surface area contributed by atoms with Gasteiger partial charge in [0, 0.05) is 11.6 Å². The molecule has 3 aromatic rings. The molecule has 0 aliphatic carbocycles. The van der Waals surface area contributed by atoms with E-state index in [2.05, 4.69) is 28.2 Å². The van der Waals surface area contributed by atoms with Gasteiger partial charge in [0.2, 0.25) is 0 Å². The van der Waals surface area contributed by atoms with Gasteiger partial charge in [0.1, 0.15) is 5.82 Å². The van der Waals surface area contributed by atoms with E-state index in [-0.39, 0.29) is 6.04 Å². The minimum atomic E-state index is -0.148. The molecule has 3 rings (SSSR count). The van der Waals surface area contributed by atoms with Gasteiger partial charge in [0.15, 0.2) is 0 Å². The Labute approximate surface area is 112 Å². The van der Waals surface area contributed by atoms with Crippen LogP contribution in [0.1, 0.15) is 18.8 Å². The zero-order valence-electron chi connectivity index (χ0n) is 10.7. The molecule has 0 saturated carbocycles. The summed E-state index contributed by atoms with van der Waals surface area (Å²) in [5.74, 6) is 0.678. The molecule has 0 spiro atoms. The van der Waals surface area contributed by atoms with Crippen molar-refractivity contribution in [2.24, 2.45) is 5.73 Å². The SMILES string of the molecule is C[C@H](N)c1ncc2c(-c3ccccc3)cccc2n1. The fourth-order valence-electron chi connectivity index (χ4n) is 2.16. The van der Waals surface area contributed by atoms with E-state index in [0.29, 0.717) is 5.82 Å². The Hall–Kier alpha value is -2.26. The zero-order chi connectivity index (χ0) is 13.2. The second-order valence-corrected chi connectivity index (χ2v) is 4.62. The highest BCUT2D eigenvalue weighted by Gasteiger charge is 2.08. The topological polar surface area (TPSA) is 51.8 Å².